The van der Waals surface area contributed by atoms with Gasteiger partial charge in [0.05, 0.1) is 17.1 Å². The molecule has 4 aromatic rings. The maximum Gasteiger partial charge on any atom is 0.228 e. The molecule has 0 aliphatic carbocycles. The number of H-pyrrole nitrogens is 1. The molecule has 0 spiro atoms. The lowest BCUT2D eigenvalue weighted by Crippen LogP contribution is -2.40. The van der Waals surface area contributed by atoms with E-state index in [1.807, 2.05) is 40.6 Å². The molecule has 0 saturated carbocycles. The molecule has 1 amide bonds. The molecule has 1 fully saturated rings. The van der Waals surface area contributed by atoms with Crippen molar-refractivity contribution in [2.45, 2.75) is 25.2 Å². The van der Waals surface area contributed by atoms with Gasteiger partial charge in [0.2, 0.25) is 5.91 Å². The maximum atomic E-state index is 13.0. The zero-order chi connectivity index (χ0) is 22.6. The maximum absolute atomic E-state index is 13.0. The minimum absolute atomic E-state index is 0.0731. The summed E-state index contributed by atoms with van der Waals surface area (Å²) in [4.78, 5) is 28.3. The van der Waals surface area contributed by atoms with E-state index in [2.05, 4.69) is 25.5 Å². The van der Waals surface area contributed by atoms with Gasteiger partial charge < -0.3 is 10.2 Å². The normalized spacial score (nSPS) is 16.0. The van der Waals surface area contributed by atoms with Crippen molar-refractivity contribution in [3.63, 3.8) is 0 Å². The van der Waals surface area contributed by atoms with Crippen LogP contribution in [0.3, 0.4) is 0 Å². The van der Waals surface area contributed by atoms with Crippen LogP contribution in [-0.4, -0.2) is 49.0 Å². The standard InChI is InChI=1S/C23H22ClN7OS/c24-17-8-9-19(25-12-17)27-23-26-18(14-33-23)11-20(32)31-10-4-7-16(13-31)22-28-21(29-30-22)15-5-2-1-3-6-15/h1-3,5-6,8-9,12,14,16H,4,7,10-11,13H2,(H,25,26,27)(H,28,29,30). The Kier molecular flexibility index (Phi) is 6.32. The topological polar surface area (TPSA) is 99.7 Å². The highest BCUT2D eigenvalue weighted by atomic mass is 35.5. The second-order valence-corrected chi connectivity index (χ2v) is 9.19. The van der Waals surface area contributed by atoms with Crippen LogP contribution in [0.4, 0.5) is 10.9 Å². The fraction of sp³-hybridized carbons (Fsp3) is 0.261. The summed E-state index contributed by atoms with van der Waals surface area (Å²) < 4.78 is 0. The summed E-state index contributed by atoms with van der Waals surface area (Å²) in [6, 6.07) is 13.4. The summed E-state index contributed by atoms with van der Waals surface area (Å²) in [6.07, 6.45) is 3.76. The molecule has 33 heavy (non-hydrogen) atoms. The third kappa shape index (κ3) is 5.20. The number of anilines is 2. The van der Waals surface area contributed by atoms with Gasteiger partial charge in [0.1, 0.15) is 11.6 Å². The summed E-state index contributed by atoms with van der Waals surface area (Å²) in [5.74, 6) is 2.40. The highest BCUT2D eigenvalue weighted by Gasteiger charge is 2.27. The first-order chi connectivity index (χ1) is 16.1. The molecule has 1 aliphatic rings. The molecule has 4 heterocycles. The number of hydrogen-bond donors (Lipinski definition) is 2. The quantitative estimate of drug-likeness (QED) is 0.417. The molecule has 8 nitrogen and oxygen atoms in total. The zero-order valence-corrected chi connectivity index (χ0v) is 19.3. The van der Waals surface area contributed by atoms with Crippen molar-refractivity contribution in [2.75, 3.05) is 18.4 Å². The van der Waals surface area contributed by atoms with E-state index in [4.69, 9.17) is 16.6 Å². The number of nitrogens with zero attached hydrogens (tertiary/aromatic N) is 5. The molecule has 1 atom stereocenters. The van der Waals surface area contributed by atoms with E-state index < -0.39 is 0 Å². The number of pyridine rings is 1. The van der Waals surface area contributed by atoms with Crippen LogP contribution in [0.1, 0.15) is 30.3 Å². The Morgan fingerprint density at radius 2 is 2.09 bits per heavy atom. The van der Waals surface area contributed by atoms with Gasteiger partial charge in [-0.15, -0.1) is 11.3 Å². The number of amides is 1. The van der Waals surface area contributed by atoms with Crippen molar-refractivity contribution < 1.29 is 4.79 Å². The van der Waals surface area contributed by atoms with Gasteiger partial charge in [-0.3, -0.25) is 9.89 Å². The van der Waals surface area contributed by atoms with Crippen molar-refractivity contribution in [2.24, 2.45) is 0 Å². The second kappa shape index (κ2) is 9.68. The number of carbonyl (C=O) groups is 1. The molecular weight excluding hydrogens is 458 g/mol. The molecule has 168 valence electrons. The second-order valence-electron chi connectivity index (χ2n) is 7.90. The predicted octanol–water partition coefficient (Wildman–Crippen LogP) is 4.67. The van der Waals surface area contributed by atoms with E-state index in [0.29, 0.717) is 28.3 Å². The molecule has 0 bridgehead atoms. The van der Waals surface area contributed by atoms with Gasteiger partial charge in [0, 0.05) is 36.1 Å². The summed E-state index contributed by atoms with van der Waals surface area (Å²) in [7, 11) is 0. The highest BCUT2D eigenvalue weighted by molar-refractivity contribution is 7.13. The number of thiazole rings is 1. The fourth-order valence-electron chi connectivity index (χ4n) is 3.87. The molecule has 1 saturated heterocycles. The number of piperidine rings is 1. The Bertz CT molecular complexity index is 1230. The lowest BCUT2D eigenvalue weighted by Gasteiger charge is -2.31. The van der Waals surface area contributed by atoms with Crippen LogP contribution in [0.5, 0.6) is 0 Å². The number of hydrogen-bond acceptors (Lipinski definition) is 7. The molecule has 2 N–H and O–H groups in total. The van der Waals surface area contributed by atoms with E-state index in [0.717, 1.165) is 36.5 Å². The number of halogens is 1. The molecule has 1 aromatic carbocycles. The fourth-order valence-corrected chi connectivity index (χ4v) is 4.70. The van der Waals surface area contributed by atoms with Crippen molar-refractivity contribution in [3.8, 4) is 11.4 Å². The van der Waals surface area contributed by atoms with Gasteiger partial charge in [0.25, 0.3) is 0 Å². The van der Waals surface area contributed by atoms with Gasteiger partial charge in [-0.2, -0.15) is 5.10 Å². The summed E-state index contributed by atoms with van der Waals surface area (Å²) in [5.41, 5.74) is 1.72. The first-order valence-electron chi connectivity index (χ1n) is 10.7. The molecule has 10 heteroatoms. The van der Waals surface area contributed by atoms with Gasteiger partial charge in [0.15, 0.2) is 11.0 Å². The number of carbonyl (C=O) groups excluding carboxylic acids is 1. The Morgan fingerprint density at radius 1 is 1.21 bits per heavy atom. The minimum Gasteiger partial charge on any atom is -0.342 e. The van der Waals surface area contributed by atoms with E-state index in [9.17, 15) is 4.79 Å². The number of aromatic amines is 1. The Labute approximate surface area is 200 Å². The Hall–Kier alpha value is -3.30. The molecule has 0 radical (unpaired) electrons. The third-order valence-corrected chi connectivity index (χ3v) is 6.57. The van der Waals surface area contributed by atoms with Crippen LogP contribution in [0.25, 0.3) is 11.4 Å². The Morgan fingerprint density at radius 3 is 2.91 bits per heavy atom. The molecule has 1 unspecified atom stereocenters. The minimum atomic E-state index is 0.0731. The average Bonchev–Trinajstić information content (AvgIpc) is 3.51. The van der Waals surface area contributed by atoms with Crippen LogP contribution in [0.15, 0.2) is 54.0 Å². The first-order valence-corrected chi connectivity index (χ1v) is 12.0. The van der Waals surface area contributed by atoms with Crippen molar-refractivity contribution in [1.82, 2.24) is 30.0 Å². The van der Waals surface area contributed by atoms with Gasteiger partial charge in [-0.25, -0.2) is 15.0 Å². The van der Waals surface area contributed by atoms with Crippen LogP contribution >= 0.6 is 22.9 Å². The third-order valence-electron chi connectivity index (χ3n) is 5.54. The number of likely N-dealkylation sites (tertiary alicyclic amines) is 1. The molecule has 1 aliphatic heterocycles. The van der Waals surface area contributed by atoms with Crippen molar-refractivity contribution in [1.29, 1.82) is 0 Å². The summed E-state index contributed by atoms with van der Waals surface area (Å²) in [6.45, 7) is 1.38. The molecule has 5 rings (SSSR count). The van der Waals surface area contributed by atoms with Crippen molar-refractivity contribution in [3.05, 3.63) is 70.6 Å². The Balaban J connectivity index is 1.20. The van der Waals surface area contributed by atoms with E-state index >= 15 is 0 Å². The van der Waals surface area contributed by atoms with Gasteiger partial charge >= 0.3 is 0 Å². The lowest BCUT2D eigenvalue weighted by molar-refractivity contribution is -0.131. The van der Waals surface area contributed by atoms with Crippen LogP contribution in [-0.2, 0) is 11.2 Å². The number of aromatic nitrogens is 5. The van der Waals surface area contributed by atoms with Crippen LogP contribution in [0, 0.1) is 0 Å². The SMILES string of the molecule is O=C(Cc1csc(Nc2ccc(Cl)cn2)n1)N1CCCC(c2nc(-c3ccccc3)n[nH]2)C1. The van der Waals surface area contributed by atoms with Crippen LogP contribution in [0.2, 0.25) is 5.02 Å². The number of nitrogens with one attached hydrogen (secondary N) is 2. The van der Waals surface area contributed by atoms with E-state index in [1.54, 1.807) is 18.3 Å². The lowest BCUT2D eigenvalue weighted by atomic mass is 9.97. The van der Waals surface area contributed by atoms with Gasteiger partial charge in [-0.1, -0.05) is 41.9 Å². The highest BCUT2D eigenvalue weighted by Crippen LogP contribution is 2.27. The summed E-state index contributed by atoms with van der Waals surface area (Å²) >= 11 is 7.32. The zero-order valence-electron chi connectivity index (χ0n) is 17.7. The molecular formula is C23H22ClN7OS. The largest absolute Gasteiger partial charge is 0.342 e. The average molecular weight is 480 g/mol. The summed E-state index contributed by atoms with van der Waals surface area (Å²) in [5, 5.41) is 13.8. The van der Waals surface area contributed by atoms with Crippen LogP contribution < -0.4 is 5.32 Å². The van der Waals surface area contributed by atoms with Gasteiger partial charge in [-0.05, 0) is 25.0 Å². The predicted molar refractivity (Wildman–Crippen MR) is 129 cm³/mol. The molecule has 3 aromatic heterocycles. The monoisotopic (exact) mass is 479 g/mol. The first kappa shape index (κ1) is 21.5. The van der Waals surface area contributed by atoms with Crippen molar-refractivity contribution >= 4 is 39.8 Å². The van der Waals surface area contributed by atoms with E-state index in [-0.39, 0.29) is 18.2 Å². The van der Waals surface area contributed by atoms with E-state index in [1.165, 1.54) is 11.3 Å². The number of benzene rings is 1. The number of rotatable bonds is 6. The smallest absolute Gasteiger partial charge is 0.228 e.